The highest BCUT2D eigenvalue weighted by atomic mass is 32.2. The summed E-state index contributed by atoms with van der Waals surface area (Å²) in [5, 5.41) is 9.36. The first-order valence-electron chi connectivity index (χ1n) is 21.7. The van der Waals surface area contributed by atoms with Crippen molar-refractivity contribution in [2.75, 3.05) is 167 Å². The normalized spacial score (nSPS) is 24.4. The molecule has 348 valence electrons. The van der Waals surface area contributed by atoms with Gasteiger partial charge in [0, 0.05) is 224 Å². The van der Waals surface area contributed by atoms with Crippen LogP contribution in [0.4, 0.5) is 0 Å². The van der Waals surface area contributed by atoms with E-state index in [-0.39, 0.29) is 0 Å². The van der Waals surface area contributed by atoms with Crippen molar-refractivity contribution in [3.63, 3.8) is 0 Å². The highest BCUT2D eigenvalue weighted by Crippen LogP contribution is 2.44. The molecule has 0 radical (unpaired) electrons. The Morgan fingerprint density at radius 2 is 0.617 bits per heavy atom. The molecular weight excluding hydrogens is 1120 g/mol. The first kappa shape index (κ1) is 54.8. The lowest BCUT2D eigenvalue weighted by atomic mass is 10.2. The zero-order valence-corrected chi connectivity index (χ0v) is 51.3. The minimum absolute atomic E-state index is 0.492. The number of rotatable bonds is 34. The fourth-order valence-electron chi connectivity index (χ4n) is 6.09. The molecular formula is C40H68S20. The first-order chi connectivity index (χ1) is 29.7. The molecule has 0 N–H and O–H groups in total. The second-order valence-corrected chi connectivity index (χ2v) is 40.8. The molecule has 0 nitrogen and oxygen atoms in total. The predicted molar refractivity (Wildman–Crippen MR) is 334 cm³/mol. The summed E-state index contributed by atoms with van der Waals surface area (Å²) in [6.07, 6.45) is 0. The Bertz CT molecular complexity index is 1050. The van der Waals surface area contributed by atoms with Gasteiger partial charge in [0.1, 0.15) is 0 Å². The minimum Gasteiger partial charge on any atom is -0.160 e. The van der Waals surface area contributed by atoms with Crippen LogP contribution in [0.3, 0.4) is 0 Å². The summed E-state index contributed by atoms with van der Waals surface area (Å²) >= 11 is 44.6. The predicted octanol–water partition coefficient (Wildman–Crippen LogP) is 13.2. The fourth-order valence-corrected chi connectivity index (χ4v) is 34.0. The van der Waals surface area contributed by atoms with Crippen molar-refractivity contribution in [1.82, 2.24) is 0 Å². The third-order valence-electron chi connectivity index (χ3n) is 10.8. The van der Waals surface area contributed by atoms with Crippen molar-refractivity contribution < 1.29 is 0 Å². The van der Waals surface area contributed by atoms with E-state index in [2.05, 4.69) is 235 Å². The van der Waals surface area contributed by atoms with Crippen molar-refractivity contribution >= 4 is 235 Å². The summed E-state index contributed by atoms with van der Waals surface area (Å²) in [5.41, 5.74) is 0. The lowest BCUT2D eigenvalue weighted by molar-refractivity contribution is 0.837. The van der Waals surface area contributed by atoms with Gasteiger partial charge in [0.2, 0.25) is 0 Å². The topological polar surface area (TPSA) is 0 Å². The van der Waals surface area contributed by atoms with Crippen molar-refractivity contribution in [2.45, 2.75) is 57.2 Å². The standard InChI is InChI=1S/2C20H34S10/c1(25-15-5-21-6-15)3-27-19(13-29-17-9-23-10-17)20(14-30-18-11-24-12-18)28-4-2-26-16-7-22-8-16;1(2-26-16-5-22-6-16)21-13-20(14-28-18-9-24-10-18,15-29-19-11-25-12-19)30-4-3-27-17-7-23-8-17/h15-20H,1-14H2;16-19H,1-15H2. The molecule has 8 rings (SSSR count). The van der Waals surface area contributed by atoms with Gasteiger partial charge in [-0.05, 0) is 0 Å². The smallest absolute Gasteiger partial charge is 0.0431 e. The zero-order chi connectivity index (χ0) is 40.9. The molecule has 20 heteroatoms. The van der Waals surface area contributed by atoms with E-state index in [0.717, 1.165) is 52.5 Å². The van der Waals surface area contributed by atoms with Crippen LogP contribution < -0.4 is 0 Å². The van der Waals surface area contributed by atoms with Gasteiger partial charge in [-0.25, -0.2) is 0 Å². The molecule has 0 spiro atoms. The number of hydrogen-bond acceptors (Lipinski definition) is 20. The molecule has 0 bridgehead atoms. The van der Waals surface area contributed by atoms with E-state index in [4.69, 9.17) is 0 Å². The Kier molecular flexibility index (Phi) is 30.1. The Morgan fingerprint density at radius 3 is 0.950 bits per heavy atom. The molecule has 0 aromatic rings. The van der Waals surface area contributed by atoms with Gasteiger partial charge in [0.15, 0.2) is 0 Å². The van der Waals surface area contributed by atoms with Gasteiger partial charge in [-0.3, -0.25) is 0 Å². The molecule has 60 heavy (non-hydrogen) atoms. The van der Waals surface area contributed by atoms with Crippen molar-refractivity contribution in [1.29, 1.82) is 0 Å². The third-order valence-corrected chi connectivity index (χ3v) is 42.7. The van der Waals surface area contributed by atoms with Gasteiger partial charge < -0.3 is 0 Å². The van der Waals surface area contributed by atoms with Gasteiger partial charge in [-0.2, -0.15) is 235 Å². The molecule has 0 aliphatic carbocycles. The van der Waals surface area contributed by atoms with Gasteiger partial charge >= 0.3 is 0 Å². The van der Waals surface area contributed by atoms with Crippen LogP contribution in [0, 0.1) is 0 Å². The molecule has 0 aromatic heterocycles. The average Bonchev–Trinajstić information content (AvgIpc) is 3.09. The van der Waals surface area contributed by atoms with E-state index >= 15 is 0 Å². The monoisotopic (exact) mass is 1190 g/mol. The van der Waals surface area contributed by atoms with E-state index < -0.39 is 0 Å². The van der Waals surface area contributed by atoms with Gasteiger partial charge in [-0.1, -0.05) is 0 Å². The molecule has 2 atom stereocenters. The number of hydrogen-bond donors (Lipinski definition) is 0. The Balaban J connectivity index is 0.000000181. The Hall–Kier alpha value is 7.00. The zero-order valence-electron chi connectivity index (χ0n) is 34.9. The average molecular weight is 1190 g/mol. The van der Waals surface area contributed by atoms with Crippen LogP contribution >= 0.6 is 235 Å². The maximum atomic E-state index is 2.36. The van der Waals surface area contributed by atoms with Crippen LogP contribution in [-0.2, 0) is 0 Å². The minimum atomic E-state index is 0.492. The summed E-state index contributed by atoms with van der Waals surface area (Å²) in [4.78, 5) is 0. The lowest BCUT2D eigenvalue weighted by Gasteiger charge is -2.38. The summed E-state index contributed by atoms with van der Waals surface area (Å²) < 4.78 is 0.492. The van der Waals surface area contributed by atoms with Crippen LogP contribution in [0.25, 0.3) is 0 Å². The molecule has 8 aliphatic heterocycles. The third kappa shape index (κ3) is 21.2. The molecule has 8 fully saturated rings. The van der Waals surface area contributed by atoms with Crippen molar-refractivity contribution in [3.8, 4) is 0 Å². The maximum absolute atomic E-state index is 2.36. The van der Waals surface area contributed by atoms with E-state index in [1.54, 1.807) is 0 Å². The van der Waals surface area contributed by atoms with Crippen molar-refractivity contribution in [3.05, 3.63) is 0 Å². The van der Waals surface area contributed by atoms with Gasteiger partial charge in [-0.15, -0.1) is 0 Å². The highest BCUT2D eigenvalue weighted by Gasteiger charge is 2.36. The Morgan fingerprint density at radius 1 is 0.317 bits per heavy atom. The fraction of sp³-hybridized carbons (Fsp3) is 1.00. The van der Waals surface area contributed by atoms with Gasteiger partial charge in [0.05, 0.1) is 0 Å². The SMILES string of the molecule is C(CSC(CSC1CSC1)C(CSC1CSC1)SCCSC1CSC1)SC1CSC1.C(CSC1CSC1)SCC(CSC1CSC1)(CSC1CSC1)SCCSC1CSC1. The summed E-state index contributed by atoms with van der Waals surface area (Å²) in [6.45, 7) is 0. The Labute approximate surface area is 452 Å². The van der Waals surface area contributed by atoms with E-state index in [1.165, 1.54) is 167 Å². The molecule has 8 heterocycles. The summed E-state index contributed by atoms with van der Waals surface area (Å²) in [5.74, 6) is 40.3. The second kappa shape index (κ2) is 32.9. The van der Waals surface area contributed by atoms with E-state index in [0.29, 0.717) is 4.75 Å². The highest BCUT2D eigenvalue weighted by molar-refractivity contribution is 8.13. The first-order valence-corrected chi connectivity index (χ1v) is 43.5. The molecule has 8 aliphatic rings. The number of thioether (sulfide) groups is 20. The van der Waals surface area contributed by atoms with E-state index in [9.17, 15) is 0 Å². The van der Waals surface area contributed by atoms with Crippen LogP contribution in [0.5, 0.6) is 0 Å². The summed E-state index contributed by atoms with van der Waals surface area (Å²) in [7, 11) is 0. The van der Waals surface area contributed by atoms with Crippen LogP contribution in [0.2, 0.25) is 0 Å². The summed E-state index contributed by atoms with van der Waals surface area (Å²) in [6, 6.07) is 0. The molecule has 0 aromatic carbocycles. The van der Waals surface area contributed by atoms with Crippen molar-refractivity contribution in [2.24, 2.45) is 0 Å². The van der Waals surface area contributed by atoms with E-state index in [1.807, 2.05) is 0 Å². The molecule has 0 amide bonds. The van der Waals surface area contributed by atoms with Crippen LogP contribution in [-0.4, -0.2) is 224 Å². The van der Waals surface area contributed by atoms with Gasteiger partial charge in [0.25, 0.3) is 0 Å². The lowest BCUT2D eigenvalue weighted by Crippen LogP contribution is -2.39. The maximum Gasteiger partial charge on any atom is 0.0431 e. The van der Waals surface area contributed by atoms with Crippen LogP contribution in [0.15, 0.2) is 0 Å². The quantitative estimate of drug-likeness (QED) is 0.0561. The second-order valence-electron chi connectivity index (χ2n) is 16.0. The molecule has 2 unspecified atom stereocenters. The molecule has 8 saturated heterocycles. The van der Waals surface area contributed by atoms with Crippen LogP contribution in [0.1, 0.15) is 0 Å². The molecule has 0 saturated carbocycles. The largest absolute Gasteiger partial charge is 0.160 e.